The SMILES string of the molecule is CCCCCC1OCCCC1N. The molecule has 0 aliphatic carbocycles. The molecule has 0 saturated carbocycles. The highest BCUT2D eigenvalue weighted by Gasteiger charge is 2.21. The van der Waals surface area contributed by atoms with Gasteiger partial charge in [0.05, 0.1) is 6.10 Å². The molecule has 1 fully saturated rings. The molecule has 1 rings (SSSR count). The third-order valence-corrected chi connectivity index (χ3v) is 2.58. The van der Waals surface area contributed by atoms with Crippen molar-refractivity contribution in [1.29, 1.82) is 0 Å². The van der Waals surface area contributed by atoms with E-state index in [1.165, 1.54) is 19.3 Å². The van der Waals surface area contributed by atoms with E-state index in [2.05, 4.69) is 6.92 Å². The molecule has 1 saturated heterocycles. The molecule has 2 unspecified atom stereocenters. The Morgan fingerprint density at radius 3 is 2.92 bits per heavy atom. The fourth-order valence-corrected chi connectivity index (χ4v) is 1.76. The number of hydrogen-bond acceptors (Lipinski definition) is 2. The Labute approximate surface area is 75.5 Å². The maximum absolute atomic E-state index is 5.94. The summed E-state index contributed by atoms with van der Waals surface area (Å²) in [5.74, 6) is 0. The number of rotatable bonds is 4. The van der Waals surface area contributed by atoms with Crippen LogP contribution in [0.4, 0.5) is 0 Å². The van der Waals surface area contributed by atoms with Crippen molar-refractivity contribution in [3.8, 4) is 0 Å². The van der Waals surface area contributed by atoms with Crippen LogP contribution in [0.2, 0.25) is 0 Å². The second-order valence-electron chi connectivity index (χ2n) is 3.71. The van der Waals surface area contributed by atoms with Gasteiger partial charge in [0.15, 0.2) is 0 Å². The van der Waals surface area contributed by atoms with Crippen molar-refractivity contribution in [2.45, 2.75) is 57.6 Å². The molecule has 2 heteroatoms. The van der Waals surface area contributed by atoms with Gasteiger partial charge in [0.1, 0.15) is 0 Å². The lowest BCUT2D eigenvalue weighted by atomic mass is 9.98. The van der Waals surface area contributed by atoms with Gasteiger partial charge in [-0.3, -0.25) is 0 Å². The number of unbranched alkanes of at least 4 members (excludes halogenated alkanes) is 2. The van der Waals surface area contributed by atoms with Crippen LogP contribution < -0.4 is 5.73 Å². The topological polar surface area (TPSA) is 35.2 Å². The second kappa shape index (κ2) is 5.55. The van der Waals surface area contributed by atoms with Crippen molar-refractivity contribution in [3.05, 3.63) is 0 Å². The van der Waals surface area contributed by atoms with E-state index in [-0.39, 0.29) is 0 Å². The van der Waals surface area contributed by atoms with Crippen LogP contribution in [0.1, 0.15) is 45.4 Å². The number of hydrogen-bond donors (Lipinski definition) is 1. The van der Waals surface area contributed by atoms with Crippen molar-refractivity contribution in [2.75, 3.05) is 6.61 Å². The van der Waals surface area contributed by atoms with Crippen LogP contribution in [0.15, 0.2) is 0 Å². The van der Waals surface area contributed by atoms with Crippen LogP contribution in [0.5, 0.6) is 0 Å². The Hall–Kier alpha value is -0.0800. The highest BCUT2D eigenvalue weighted by atomic mass is 16.5. The minimum atomic E-state index is 0.301. The van der Waals surface area contributed by atoms with E-state index in [0.717, 1.165) is 25.9 Å². The first-order valence-electron chi connectivity index (χ1n) is 5.21. The summed E-state index contributed by atoms with van der Waals surface area (Å²) in [6, 6.07) is 0.301. The summed E-state index contributed by atoms with van der Waals surface area (Å²) < 4.78 is 5.61. The Bertz CT molecular complexity index is 116. The summed E-state index contributed by atoms with van der Waals surface area (Å²) in [7, 11) is 0. The van der Waals surface area contributed by atoms with E-state index in [1.807, 2.05) is 0 Å². The molecule has 1 heterocycles. The molecule has 0 aromatic carbocycles. The lowest BCUT2D eigenvalue weighted by molar-refractivity contribution is -0.00440. The third-order valence-electron chi connectivity index (χ3n) is 2.58. The van der Waals surface area contributed by atoms with Crippen molar-refractivity contribution in [2.24, 2.45) is 5.73 Å². The van der Waals surface area contributed by atoms with Gasteiger partial charge in [-0.1, -0.05) is 26.2 Å². The summed E-state index contributed by atoms with van der Waals surface area (Å²) in [6.45, 7) is 3.14. The van der Waals surface area contributed by atoms with Gasteiger partial charge in [0.25, 0.3) is 0 Å². The monoisotopic (exact) mass is 171 g/mol. The van der Waals surface area contributed by atoms with Gasteiger partial charge in [-0.15, -0.1) is 0 Å². The highest BCUT2D eigenvalue weighted by Crippen LogP contribution is 2.17. The average Bonchev–Trinajstić information content (AvgIpc) is 2.09. The standard InChI is InChI=1S/C10H21NO/c1-2-3-4-7-10-9(11)6-5-8-12-10/h9-10H,2-8,11H2,1H3. The van der Waals surface area contributed by atoms with Gasteiger partial charge >= 0.3 is 0 Å². The Kier molecular flexibility index (Phi) is 4.62. The van der Waals surface area contributed by atoms with E-state index in [4.69, 9.17) is 10.5 Å². The van der Waals surface area contributed by atoms with Crippen LogP contribution in [0, 0.1) is 0 Å². The molecule has 1 aliphatic rings. The van der Waals surface area contributed by atoms with Gasteiger partial charge in [0.2, 0.25) is 0 Å². The second-order valence-corrected chi connectivity index (χ2v) is 3.71. The molecule has 12 heavy (non-hydrogen) atoms. The van der Waals surface area contributed by atoms with E-state index in [9.17, 15) is 0 Å². The first kappa shape index (κ1) is 10.0. The molecule has 2 N–H and O–H groups in total. The molecule has 2 atom stereocenters. The number of nitrogens with two attached hydrogens (primary N) is 1. The summed E-state index contributed by atoms with van der Waals surface area (Å²) >= 11 is 0. The summed E-state index contributed by atoms with van der Waals surface area (Å²) in [4.78, 5) is 0. The minimum Gasteiger partial charge on any atom is -0.377 e. The summed E-state index contributed by atoms with van der Waals surface area (Å²) in [6.07, 6.45) is 7.67. The predicted molar refractivity (Wildman–Crippen MR) is 51.1 cm³/mol. The first-order chi connectivity index (χ1) is 5.84. The van der Waals surface area contributed by atoms with Gasteiger partial charge in [-0.05, 0) is 19.3 Å². The molecule has 0 bridgehead atoms. The van der Waals surface area contributed by atoms with Crippen LogP contribution in [-0.4, -0.2) is 18.8 Å². The molecule has 0 radical (unpaired) electrons. The molecule has 0 aromatic rings. The fourth-order valence-electron chi connectivity index (χ4n) is 1.76. The van der Waals surface area contributed by atoms with E-state index >= 15 is 0 Å². The van der Waals surface area contributed by atoms with Crippen LogP contribution in [-0.2, 0) is 4.74 Å². The lowest BCUT2D eigenvalue weighted by Gasteiger charge is -2.28. The summed E-state index contributed by atoms with van der Waals surface area (Å²) in [5, 5.41) is 0. The summed E-state index contributed by atoms with van der Waals surface area (Å²) in [5.41, 5.74) is 5.94. The first-order valence-corrected chi connectivity index (χ1v) is 5.21. The van der Waals surface area contributed by atoms with Crippen molar-refractivity contribution >= 4 is 0 Å². The molecule has 72 valence electrons. The van der Waals surface area contributed by atoms with Crippen molar-refractivity contribution in [3.63, 3.8) is 0 Å². The van der Waals surface area contributed by atoms with Gasteiger partial charge in [0, 0.05) is 12.6 Å². The van der Waals surface area contributed by atoms with Crippen LogP contribution >= 0.6 is 0 Å². The van der Waals surface area contributed by atoms with E-state index in [0.29, 0.717) is 12.1 Å². The zero-order valence-corrected chi connectivity index (χ0v) is 8.09. The van der Waals surface area contributed by atoms with Crippen molar-refractivity contribution in [1.82, 2.24) is 0 Å². The average molecular weight is 171 g/mol. The van der Waals surface area contributed by atoms with Gasteiger partial charge in [-0.2, -0.15) is 0 Å². The molecule has 2 nitrogen and oxygen atoms in total. The molecular weight excluding hydrogens is 150 g/mol. The Morgan fingerprint density at radius 1 is 1.42 bits per heavy atom. The quantitative estimate of drug-likeness (QED) is 0.657. The zero-order chi connectivity index (χ0) is 8.81. The predicted octanol–water partition coefficient (Wildman–Crippen LogP) is 2.07. The number of ether oxygens (including phenoxy) is 1. The molecule has 0 spiro atoms. The Balaban J connectivity index is 2.11. The molecule has 0 amide bonds. The molecular formula is C10H21NO. The maximum Gasteiger partial charge on any atom is 0.0725 e. The van der Waals surface area contributed by atoms with Crippen molar-refractivity contribution < 1.29 is 4.74 Å². The minimum absolute atomic E-state index is 0.301. The smallest absolute Gasteiger partial charge is 0.0725 e. The largest absolute Gasteiger partial charge is 0.377 e. The molecule has 1 aliphatic heterocycles. The van der Waals surface area contributed by atoms with Gasteiger partial charge in [-0.25, -0.2) is 0 Å². The zero-order valence-electron chi connectivity index (χ0n) is 8.09. The lowest BCUT2D eigenvalue weighted by Crippen LogP contribution is -2.40. The van der Waals surface area contributed by atoms with Gasteiger partial charge < -0.3 is 10.5 Å². The van der Waals surface area contributed by atoms with Crippen LogP contribution in [0.25, 0.3) is 0 Å². The normalized spacial score (nSPS) is 30.5. The Morgan fingerprint density at radius 2 is 2.25 bits per heavy atom. The van der Waals surface area contributed by atoms with E-state index < -0.39 is 0 Å². The van der Waals surface area contributed by atoms with E-state index in [1.54, 1.807) is 0 Å². The maximum atomic E-state index is 5.94. The third kappa shape index (κ3) is 3.11. The van der Waals surface area contributed by atoms with Crippen LogP contribution in [0.3, 0.4) is 0 Å². The highest BCUT2D eigenvalue weighted by molar-refractivity contribution is 4.76. The molecule has 0 aromatic heterocycles. The fraction of sp³-hybridized carbons (Fsp3) is 1.00.